The Morgan fingerprint density at radius 3 is 2.44 bits per heavy atom. The first-order chi connectivity index (χ1) is 16.3. The van der Waals surface area contributed by atoms with Gasteiger partial charge < -0.3 is 14.6 Å². The summed E-state index contributed by atoms with van der Waals surface area (Å²) in [5.41, 5.74) is 3.71. The molecule has 0 saturated heterocycles. The Labute approximate surface area is 197 Å². The lowest BCUT2D eigenvalue weighted by Gasteiger charge is -2.16. The highest BCUT2D eigenvalue weighted by Crippen LogP contribution is 2.32. The fourth-order valence-electron chi connectivity index (χ4n) is 3.77. The lowest BCUT2D eigenvalue weighted by Crippen LogP contribution is -2.19. The number of aliphatic hydroxyl groups is 1. The second-order valence-corrected chi connectivity index (χ2v) is 8.87. The van der Waals surface area contributed by atoms with Crippen LogP contribution >= 0.6 is 0 Å². The number of ether oxygens (including phenoxy) is 2. The molecular formula is C28H27F2NO3. The van der Waals surface area contributed by atoms with E-state index in [2.05, 4.69) is 9.72 Å². The largest absolute Gasteiger partial charge is 0.489 e. The van der Waals surface area contributed by atoms with E-state index in [0.717, 1.165) is 45.3 Å². The van der Waals surface area contributed by atoms with Crippen LogP contribution in [0.1, 0.15) is 31.4 Å². The zero-order valence-corrected chi connectivity index (χ0v) is 19.2. The first-order valence-corrected chi connectivity index (χ1v) is 11.1. The van der Waals surface area contributed by atoms with Crippen molar-refractivity contribution in [2.75, 3.05) is 0 Å². The summed E-state index contributed by atoms with van der Waals surface area (Å²) in [6.07, 6.45) is 3.19. The molecule has 0 amide bonds. The average Bonchev–Trinajstić information content (AvgIpc) is 2.81. The van der Waals surface area contributed by atoms with Crippen LogP contribution in [0.3, 0.4) is 0 Å². The predicted molar refractivity (Wildman–Crippen MR) is 129 cm³/mol. The van der Waals surface area contributed by atoms with Crippen molar-refractivity contribution >= 4 is 10.9 Å². The lowest BCUT2D eigenvalue weighted by atomic mass is 9.98. The molecule has 3 aromatic carbocycles. The number of aryl methyl sites for hydroxylation is 1. The lowest BCUT2D eigenvalue weighted by molar-refractivity contribution is -0.0498. The number of halogens is 2. The van der Waals surface area contributed by atoms with Gasteiger partial charge in [-0.1, -0.05) is 30.3 Å². The first kappa shape index (κ1) is 23.6. The minimum absolute atomic E-state index is 0.0999. The second kappa shape index (κ2) is 10.2. The number of hydrogen-bond acceptors (Lipinski definition) is 4. The Morgan fingerprint density at radius 2 is 1.71 bits per heavy atom. The highest BCUT2D eigenvalue weighted by atomic mass is 19.3. The zero-order valence-electron chi connectivity index (χ0n) is 19.2. The molecule has 34 heavy (non-hydrogen) atoms. The Kier molecular flexibility index (Phi) is 7.08. The minimum atomic E-state index is -2.88. The summed E-state index contributed by atoms with van der Waals surface area (Å²) in [6.45, 7) is 1.07. The third-order valence-corrected chi connectivity index (χ3v) is 5.49. The molecule has 1 aromatic heterocycles. The molecule has 1 heterocycles. The molecule has 1 N–H and O–H groups in total. The highest BCUT2D eigenvalue weighted by Gasteiger charge is 2.13. The highest BCUT2D eigenvalue weighted by molar-refractivity contribution is 5.94. The molecule has 4 rings (SSSR count). The van der Waals surface area contributed by atoms with Crippen LogP contribution in [0, 0.1) is 0 Å². The van der Waals surface area contributed by atoms with Crippen LogP contribution < -0.4 is 9.47 Å². The summed E-state index contributed by atoms with van der Waals surface area (Å²) < 4.78 is 36.0. The number of pyridine rings is 1. The van der Waals surface area contributed by atoms with Crippen LogP contribution in [-0.2, 0) is 13.0 Å². The Hall–Kier alpha value is -3.51. The predicted octanol–water partition coefficient (Wildman–Crippen LogP) is 6.79. The van der Waals surface area contributed by atoms with Crippen molar-refractivity contribution in [3.05, 3.63) is 90.1 Å². The first-order valence-electron chi connectivity index (χ1n) is 11.1. The maximum atomic E-state index is 12.7. The average molecular weight is 464 g/mol. The van der Waals surface area contributed by atoms with E-state index in [1.165, 1.54) is 6.07 Å². The molecule has 0 unspecified atom stereocenters. The van der Waals surface area contributed by atoms with E-state index in [-0.39, 0.29) is 5.75 Å². The summed E-state index contributed by atoms with van der Waals surface area (Å²) in [4.78, 5) is 4.50. The number of fused-ring (bicyclic) bond motifs is 1. The molecule has 4 nitrogen and oxygen atoms in total. The molecule has 0 aliphatic rings. The summed E-state index contributed by atoms with van der Waals surface area (Å²) in [7, 11) is 0. The SMILES string of the molecule is CC(C)(O)CCc1ccc(OCc2cc(-c3cccc(OC(F)F)c3)c3ncccc3c2)cc1. The number of nitrogens with zero attached hydrogens (tertiary/aromatic N) is 1. The van der Waals surface area contributed by atoms with Gasteiger partial charge in [-0.15, -0.1) is 0 Å². The van der Waals surface area contributed by atoms with Crippen molar-refractivity contribution < 1.29 is 23.4 Å². The van der Waals surface area contributed by atoms with E-state index in [1.807, 2.05) is 54.6 Å². The van der Waals surface area contributed by atoms with Gasteiger partial charge in [0.15, 0.2) is 0 Å². The number of aromatic nitrogens is 1. The molecule has 0 bridgehead atoms. The Morgan fingerprint density at radius 1 is 0.912 bits per heavy atom. The molecule has 0 saturated carbocycles. The maximum absolute atomic E-state index is 12.7. The van der Waals surface area contributed by atoms with E-state index in [9.17, 15) is 13.9 Å². The number of alkyl halides is 2. The van der Waals surface area contributed by atoms with E-state index in [4.69, 9.17) is 4.74 Å². The molecule has 0 spiro atoms. The molecule has 6 heteroatoms. The Balaban J connectivity index is 1.55. The third-order valence-electron chi connectivity index (χ3n) is 5.49. The molecule has 0 aliphatic heterocycles. The van der Waals surface area contributed by atoms with Gasteiger partial charge in [-0.2, -0.15) is 8.78 Å². The van der Waals surface area contributed by atoms with Crippen molar-refractivity contribution in [2.45, 2.75) is 45.5 Å². The standard InChI is InChI=1S/C28H27F2NO3/c1-28(2,32)13-12-19-8-10-23(11-9-19)33-18-20-15-22-6-4-14-31-26(22)25(16-20)21-5-3-7-24(17-21)34-27(29)30/h3-11,14-17,27,32H,12-13,18H2,1-2H3. The van der Waals surface area contributed by atoms with Gasteiger partial charge in [0.05, 0.1) is 11.1 Å². The smallest absolute Gasteiger partial charge is 0.387 e. The van der Waals surface area contributed by atoms with E-state index < -0.39 is 12.2 Å². The molecule has 4 aromatic rings. The quantitative estimate of drug-likeness (QED) is 0.297. The minimum Gasteiger partial charge on any atom is -0.489 e. The molecule has 0 aliphatic carbocycles. The molecule has 176 valence electrons. The van der Waals surface area contributed by atoms with E-state index in [1.54, 1.807) is 32.2 Å². The van der Waals surface area contributed by atoms with Gasteiger partial charge in [0.25, 0.3) is 0 Å². The molecule has 0 radical (unpaired) electrons. The van der Waals surface area contributed by atoms with Crippen LogP contribution in [0.25, 0.3) is 22.0 Å². The van der Waals surface area contributed by atoms with Gasteiger partial charge in [0, 0.05) is 17.1 Å². The van der Waals surface area contributed by atoms with E-state index in [0.29, 0.717) is 13.0 Å². The monoisotopic (exact) mass is 463 g/mol. The van der Waals surface area contributed by atoms with Crippen LogP contribution in [-0.4, -0.2) is 22.3 Å². The summed E-state index contributed by atoms with van der Waals surface area (Å²) in [5, 5.41) is 10.8. The van der Waals surface area contributed by atoms with Gasteiger partial charge in [-0.25, -0.2) is 0 Å². The Bertz CT molecular complexity index is 1250. The maximum Gasteiger partial charge on any atom is 0.387 e. The van der Waals surface area contributed by atoms with Gasteiger partial charge in [-0.05, 0) is 85.8 Å². The molecule has 0 fully saturated rings. The van der Waals surface area contributed by atoms with Crippen LogP contribution in [0.15, 0.2) is 79.0 Å². The number of hydrogen-bond donors (Lipinski definition) is 1. The van der Waals surface area contributed by atoms with Gasteiger partial charge in [-0.3, -0.25) is 4.98 Å². The van der Waals surface area contributed by atoms with Crippen LogP contribution in [0.2, 0.25) is 0 Å². The number of rotatable bonds is 9. The molecular weight excluding hydrogens is 436 g/mol. The van der Waals surface area contributed by atoms with Gasteiger partial charge >= 0.3 is 6.61 Å². The topological polar surface area (TPSA) is 51.6 Å². The summed E-state index contributed by atoms with van der Waals surface area (Å²) >= 11 is 0. The fraction of sp³-hybridized carbons (Fsp3) is 0.250. The van der Waals surface area contributed by atoms with Crippen molar-refractivity contribution in [3.63, 3.8) is 0 Å². The van der Waals surface area contributed by atoms with Crippen molar-refractivity contribution in [3.8, 4) is 22.6 Å². The fourth-order valence-corrected chi connectivity index (χ4v) is 3.77. The van der Waals surface area contributed by atoms with Gasteiger partial charge in [0.1, 0.15) is 18.1 Å². The third kappa shape index (κ3) is 6.29. The van der Waals surface area contributed by atoms with Crippen molar-refractivity contribution in [2.24, 2.45) is 0 Å². The van der Waals surface area contributed by atoms with Crippen molar-refractivity contribution in [1.29, 1.82) is 0 Å². The van der Waals surface area contributed by atoms with Crippen LogP contribution in [0.4, 0.5) is 8.78 Å². The number of benzene rings is 3. The molecule has 0 atom stereocenters. The van der Waals surface area contributed by atoms with Crippen molar-refractivity contribution in [1.82, 2.24) is 4.98 Å². The normalized spacial score (nSPS) is 11.7. The summed E-state index contributed by atoms with van der Waals surface area (Å²) in [5.74, 6) is 0.843. The van der Waals surface area contributed by atoms with Gasteiger partial charge in [0.2, 0.25) is 0 Å². The van der Waals surface area contributed by atoms with E-state index >= 15 is 0 Å². The summed E-state index contributed by atoms with van der Waals surface area (Å²) in [6, 6.07) is 22.3. The zero-order chi connectivity index (χ0) is 24.1. The second-order valence-electron chi connectivity index (χ2n) is 8.87. The van der Waals surface area contributed by atoms with Crippen LogP contribution in [0.5, 0.6) is 11.5 Å².